The fourth-order valence-corrected chi connectivity index (χ4v) is 1.80. The minimum Gasteiger partial charge on any atom is -0.493 e. The van der Waals surface area contributed by atoms with Crippen molar-refractivity contribution in [3.8, 4) is 5.75 Å². The van der Waals surface area contributed by atoms with Crippen LogP contribution >= 0.6 is 0 Å². The maximum atomic E-state index is 10.6. The van der Waals surface area contributed by atoms with Crippen LogP contribution in [0.15, 0.2) is 6.20 Å². The second-order valence-corrected chi connectivity index (χ2v) is 4.16. The smallest absolute Gasteiger partial charge is 0.163 e. The highest BCUT2D eigenvalue weighted by molar-refractivity contribution is 5.31. The molecule has 0 saturated carbocycles. The van der Waals surface area contributed by atoms with Crippen LogP contribution in [0.25, 0.3) is 0 Å². The van der Waals surface area contributed by atoms with Gasteiger partial charge in [-0.05, 0) is 12.8 Å². The van der Waals surface area contributed by atoms with Gasteiger partial charge in [0.05, 0.1) is 13.3 Å². The summed E-state index contributed by atoms with van der Waals surface area (Å²) in [6, 6.07) is 0. The van der Waals surface area contributed by atoms with Gasteiger partial charge in [0.25, 0.3) is 0 Å². The maximum absolute atomic E-state index is 10.6. The number of methoxy groups -OCH3 is 1. The van der Waals surface area contributed by atoms with E-state index in [4.69, 9.17) is 10.5 Å². The molecule has 1 unspecified atom stereocenters. The number of nitrogens with zero attached hydrogens (tertiary/aromatic N) is 2. The monoisotopic (exact) mass is 227 g/mol. The highest BCUT2D eigenvalue weighted by atomic mass is 16.5. The molecule has 0 radical (unpaired) electrons. The normalized spacial score (nSPS) is 15.2. The van der Waals surface area contributed by atoms with Crippen LogP contribution in [-0.4, -0.2) is 28.5 Å². The molecule has 0 aromatic carbocycles. The zero-order chi connectivity index (χ0) is 12.3. The Labute approximate surface area is 96.2 Å². The predicted molar refractivity (Wildman–Crippen MR) is 62.2 cm³/mol. The third-order valence-electron chi connectivity index (χ3n) is 3.00. The van der Waals surface area contributed by atoms with Crippen LogP contribution in [0.3, 0.4) is 0 Å². The number of hydrogen-bond acceptors (Lipinski definition) is 4. The van der Waals surface area contributed by atoms with Crippen molar-refractivity contribution >= 4 is 0 Å². The molecule has 5 nitrogen and oxygen atoms in total. The van der Waals surface area contributed by atoms with Crippen molar-refractivity contribution in [2.24, 2.45) is 11.7 Å². The van der Waals surface area contributed by atoms with Gasteiger partial charge in [-0.1, -0.05) is 13.8 Å². The fourth-order valence-electron chi connectivity index (χ4n) is 1.80. The Morgan fingerprint density at radius 3 is 2.62 bits per heavy atom. The van der Waals surface area contributed by atoms with Gasteiger partial charge in [-0.2, -0.15) is 5.10 Å². The molecule has 1 rings (SSSR count). The van der Waals surface area contributed by atoms with E-state index >= 15 is 0 Å². The Morgan fingerprint density at radius 1 is 1.62 bits per heavy atom. The summed E-state index contributed by atoms with van der Waals surface area (Å²) in [7, 11) is 1.57. The van der Waals surface area contributed by atoms with Crippen molar-refractivity contribution in [1.82, 2.24) is 9.78 Å². The summed E-state index contributed by atoms with van der Waals surface area (Å²) in [4.78, 5) is 0. The summed E-state index contributed by atoms with van der Waals surface area (Å²) in [5, 5.41) is 14.8. The van der Waals surface area contributed by atoms with Gasteiger partial charge in [0.1, 0.15) is 11.3 Å². The highest BCUT2D eigenvalue weighted by Crippen LogP contribution is 2.34. The molecule has 16 heavy (non-hydrogen) atoms. The third-order valence-corrected chi connectivity index (χ3v) is 3.00. The lowest BCUT2D eigenvalue weighted by molar-refractivity contribution is -0.0113. The van der Waals surface area contributed by atoms with E-state index in [1.165, 1.54) is 0 Å². The van der Waals surface area contributed by atoms with Gasteiger partial charge in [-0.15, -0.1) is 0 Å². The Bertz CT molecular complexity index is 327. The van der Waals surface area contributed by atoms with Crippen LogP contribution in [0.1, 0.15) is 26.5 Å². The summed E-state index contributed by atoms with van der Waals surface area (Å²) in [5.41, 5.74) is 5.26. The molecule has 1 atom stereocenters. The average Bonchev–Trinajstić information content (AvgIpc) is 2.70. The number of aliphatic hydroxyl groups is 1. The second-order valence-electron chi connectivity index (χ2n) is 4.16. The number of rotatable bonds is 5. The molecule has 0 aliphatic rings. The van der Waals surface area contributed by atoms with E-state index in [2.05, 4.69) is 5.10 Å². The molecule has 92 valence electrons. The molecule has 1 aromatic heterocycles. The van der Waals surface area contributed by atoms with Gasteiger partial charge in [0.15, 0.2) is 5.75 Å². The molecule has 1 aromatic rings. The Hall–Kier alpha value is -1.07. The predicted octanol–water partition coefficient (Wildman–Crippen LogP) is 0.714. The van der Waals surface area contributed by atoms with E-state index in [9.17, 15) is 5.11 Å². The molecule has 0 amide bonds. The summed E-state index contributed by atoms with van der Waals surface area (Å²) < 4.78 is 6.95. The van der Waals surface area contributed by atoms with Crippen molar-refractivity contribution in [2.75, 3.05) is 13.7 Å². The lowest BCUT2D eigenvalue weighted by Gasteiger charge is -2.31. The molecule has 0 aliphatic heterocycles. The van der Waals surface area contributed by atoms with E-state index in [-0.39, 0.29) is 12.5 Å². The van der Waals surface area contributed by atoms with Crippen molar-refractivity contribution in [3.63, 3.8) is 0 Å². The van der Waals surface area contributed by atoms with Gasteiger partial charge < -0.3 is 15.6 Å². The number of ether oxygens (including phenoxy) is 1. The van der Waals surface area contributed by atoms with E-state index in [0.29, 0.717) is 18.0 Å². The highest BCUT2D eigenvalue weighted by Gasteiger charge is 2.37. The standard InChI is InChI=1S/C11H21N3O2/c1-5-14-10(9(16-4)6-13-14)11(15,7-12)8(2)3/h6,8,15H,5,7,12H2,1-4H3. The lowest BCUT2D eigenvalue weighted by Crippen LogP contribution is -2.42. The molecule has 0 spiro atoms. The minimum atomic E-state index is -1.10. The molecular formula is C11H21N3O2. The van der Waals surface area contributed by atoms with Gasteiger partial charge in [-0.3, -0.25) is 4.68 Å². The van der Waals surface area contributed by atoms with Crippen LogP contribution in [0.2, 0.25) is 0 Å². The number of hydrogen-bond donors (Lipinski definition) is 2. The van der Waals surface area contributed by atoms with Gasteiger partial charge in [0.2, 0.25) is 0 Å². The zero-order valence-corrected chi connectivity index (χ0v) is 10.4. The van der Waals surface area contributed by atoms with Crippen molar-refractivity contribution in [2.45, 2.75) is 32.9 Å². The quantitative estimate of drug-likeness (QED) is 0.777. The van der Waals surface area contributed by atoms with Crippen LogP contribution in [0.5, 0.6) is 5.75 Å². The number of aryl methyl sites for hydroxylation is 1. The van der Waals surface area contributed by atoms with E-state index in [1.807, 2.05) is 20.8 Å². The largest absolute Gasteiger partial charge is 0.493 e. The summed E-state index contributed by atoms with van der Waals surface area (Å²) in [6.07, 6.45) is 1.61. The Balaban J connectivity index is 3.32. The summed E-state index contributed by atoms with van der Waals surface area (Å²) >= 11 is 0. The van der Waals surface area contributed by atoms with Crippen LogP contribution in [-0.2, 0) is 12.1 Å². The first-order chi connectivity index (χ1) is 7.51. The molecule has 0 aliphatic carbocycles. The molecule has 0 saturated heterocycles. The van der Waals surface area contributed by atoms with Gasteiger partial charge in [-0.25, -0.2) is 0 Å². The molecule has 5 heteroatoms. The van der Waals surface area contributed by atoms with Crippen LogP contribution < -0.4 is 10.5 Å². The first-order valence-corrected chi connectivity index (χ1v) is 5.53. The van der Waals surface area contributed by atoms with E-state index < -0.39 is 5.60 Å². The lowest BCUT2D eigenvalue weighted by atomic mass is 9.86. The fraction of sp³-hybridized carbons (Fsp3) is 0.727. The molecular weight excluding hydrogens is 206 g/mol. The summed E-state index contributed by atoms with van der Waals surface area (Å²) in [6.45, 7) is 6.65. The number of aromatic nitrogens is 2. The third kappa shape index (κ3) is 1.92. The Kier molecular flexibility index (Phi) is 3.93. The molecule has 3 N–H and O–H groups in total. The topological polar surface area (TPSA) is 73.3 Å². The van der Waals surface area contributed by atoms with Gasteiger partial charge in [0, 0.05) is 13.1 Å². The van der Waals surface area contributed by atoms with Crippen molar-refractivity contribution in [1.29, 1.82) is 0 Å². The first-order valence-electron chi connectivity index (χ1n) is 5.53. The molecule has 1 heterocycles. The molecule has 0 bridgehead atoms. The van der Waals surface area contributed by atoms with E-state index in [1.54, 1.807) is 18.0 Å². The van der Waals surface area contributed by atoms with Crippen LogP contribution in [0, 0.1) is 5.92 Å². The molecule has 0 fully saturated rings. The van der Waals surface area contributed by atoms with E-state index in [0.717, 1.165) is 0 Å². The Morgan fingerprint density at radius 2 is 2.25 bits per heavy atom. The van der Waals surface area contributed by atoms with Crippen molar-refractivity contribution < 1.29 is 9.84 Å². The SMILES string of the molecule is CCn1ncc(OC)c1C(O)(CN)C(C)C. The second kappa shape index (κ2) is 4.84. The zero-order valence-electron chi connectivity index (χ0n) is 10.4. The van der Waals surface area contributed by atoms with Gasteiger partial charge >= 0.3 is 0 Å². The minimum absolute atomic E-state index is 0.00611. The van der Waals surface area contributed by atoms with Crippen LogP contribution in [0.4, 0.5) is 0 Å². The van der Waals surface area contributed by atoms with Crippen molar-refractivity contribution in [3.05, 3.63) is 11.9 Å². The maximum Gasteiger partial charge on any atom is 0.163 e. The number of nitrogens with two attached hydrogens (primary N) is 1. The first kappa shape index (κ1) is 13.0. The average molecular weight is 227 g/mol. The summed E-state index contributed by atoms with van der Waals surface area (Å²) in [5.74, 6) is 0.580.